The van der Waals surface area contributed by atoms with E-state index in [0.717, 1.165) is 0 Å². The number of benzene rings is 1. The molecule has 1 rings (SSSR count). The van der Waals surface area contributed by atoms with Crippen LogP contribution >= 0.6 is 11.6 Å². The van der Waals surface area contributed by atoms with Crippen LogP contribution in [0.4, 0.5) is 0 Å². The summed E-state index contributed by atoms with van der Waals surface area (Å²) in [6, 6.07) is 0.589. The number of phenolic OH excluding ortho intramolecular Hbond substituents is 1. The van der Waals surface area contributed by atoms with Crippen LogP contribution in [0.15, 0.2) is 6.07 Å². The van der Waals surface area contributed by atoms with E-state index in [1.807, 2.05) is 0 Å². The third kappa shape index (κ3) is 2.46. The van der Waals surface area contributed by atoms with Crippen molar-refractivity contribution in [3.63, 3.8) is 0 Å². The minimum absolute atomic E-state index is 0.105. The quantitative estimate of drug-likeness (QED) is 0.753. The van der Waals surface area contributed by atoms with Crippen LogP contribution in [0.1, 0.15) is 16.7 Å². The number of aromatic hydroxyl groups is 1. The zero-order valence-corrected chi connectivity index (χ0v) is 9.88. The van der Waals surface area contributed by atoms with E-state index in [0.29, 0.717) is 21.7 Å². The lowest BCUT2D eigenvalue weighted by molar-refractivity contribution is -0.138. The number of phenols is 1. The molecule has 0 saturated carbocycles. The van der Waals surface area contributed by atoms with Gasteiger partial charge in [0.05, 0.1) is 0 Å². The Bertz CT molecular complexity index is 432. The molecule has 0 aliphatic heterocycles. The van der Waals surface area contributed by atoms with Gasteiger partial charge in [-0.15, -0.1) is 0 Å². The number of halogens is 1. The molecule has 0 bridgehead atoms. The van der Waals surface area contributed by atoms with Crippen LogP contribution in [0.25, 0.3) is 0 Å². The van der Waals surface area contributed by atoms with E-state index in [9.17, 15) is 9.90 Å². The number of hydrogen-bond acceptors (Lipinski definition) is 3. The minimum atomic E-state index is -1.09. The fourth-order valence-electron chi connectivity index (χ4n) is 1.52. The molecule has 88 valence electrons. The van der Waals surface area contributed by atoms with E-state index in [2.05, 4.69) is 0 Å². The standard InChI is InChI=1S/C11H14ClNO3/c1-5-3-8(12)7(6(2)10(5)14)4-9(13)11(15)16/h3,9,14H,4,13H2,1-2H3,(H,15,16). The lowest BCUT2D eigenvalue weighted by Gasteiger charge is -2.14. The molecule has 0 heterocycles. The molecule has 1 unspecified atom stereocenters. The van der Waals surface area contributed by atoms with Crippen LogP contribution in [0.2, 0.25) is 5.02 Å². The number of rotatable bonds is 3. The summed E-state index contributed by atoms with van der Waals surface area (Å²) in [7, 11) is 0. The van der Waals surface area contributed by atoms with Crippen LogP contribution in [0.3, 0.4) is 0 Å². The van der Waals surface area contributed by atoms with E-state index in [1.54, 1.807) is 19.9 Å². The van der Waals surface area contributed by atoms with Gasteiger partial charge in [0.2, 0.25) is 0 Å². The summed E-state index contributed by atoms with van der Waals surface area (Å²) < 4.78 is 0. The number of carboxylic acid groups (broad SMARTS) is 1. The maximum Gasteiger partial charge on any atom is 0.320 e. The second-order valence-electron chi connectivity index (χ2n) is 3.78. The van der Waals surface area contributed by atoms with E-state index >= 15 is 0 Å². The van der Waals surface area contributed by atoms with Crippen molar-refractivity contribution in [2.45, 2.75) is 26.3 Å². The van der Waals surface area contributed by atoms with Crippen molar-refractivity contribution in [3.05, 3.63) is 27.8 Å². The highest BCUT2D eigenvalue weighted by Crippen LogP contribution is 2.31. The van der Waals surface area contributed by atoms with Crippen molar-refractivity contribution >= 4 is 17.6 Å². The van der Waals surface area contributed by atoms with Crippen LogP contribution in [0, 0.1) is 13.8 Å². The molecule has 4 nitrogen and oxygen atoms in total. The Kier molecular flexibility index (Phi) is 3.78. The van der Waals surface area contributed by atoms with Gasteiger partial charge in [-0.1, -0.05) is 11.6 Å². The highest BCUT2D eigenvalue weighted by Gasteiger charge is 2.18. The average Bonchev–Trinajstić information content (AvgIpc) is 2.20. The number of nitrogens with two attached hydrogens (primary N) is 1. The molecule has 5 heteroatoms. The molecule has 0 amide bonds. The van der Waals surface area contributed by atoms with Crippen LogP contribution in [-0.2, 0) is 11.2 Å². The Morgan fingerprint density at radius 2 is 2.12 bits per heavy atom. The average molecular weight is 244 g/mol. The molecule has 0 spiro atoms. The van der Waals surface area contributed by atoms with Crippen molar-refractivity contribution < 1.29 is 15.0 Å². The molecule has 1 aromatic carbocycles. The third-order valence-corrected chi connectivity index (χ3v) is 2.89. The van der Waals surface area contributed by atoms with Gasteiger partial charge in [0.15, 0.2) is 0 Å². The van der Waals surface area contributed by atoms with Gasteiger partial charge in [-0.3, -0.25) is 4.79 Å². The Labute approximate surface area is 98.6 Å². The Morgan fingerprint density at radius 3 is 2.62 bits per heavy atom. The molecular formula is C11H14ClNO3. The van der Waals surface area contributed by atoms with Gasteiger partial charge >= 0.3 is 5.97 Å². The summed E-state index contributed by atoms with van der Waals surface area (Å²) in [5, 5.41) is 18.9. The summed E-state index contributed by atoms with van der Waals surface area (Å²) in [6.45, 7) is 3.42. The highest BCUT2D eigenvalue weighted by atomic mass is 35.5. The molecule has 16 heavy (non-hydrogen) atoms. The first-order valence-electron chi connectivity index (χ1n) is 4.80. The number of hydrogen-bond donors (Lipinski definition) is 3. The molecule has 0 aliphatic carbocycles. The summed E-state index contributed by atoms with van der Waals surface area (Å²) in [6.07, 6.45) is 0.105. The van der Waals surface area contributed by atoms with Crippen molar-refractivity contribution in [1.29, 1.82) is 0 Å². The molecule has 1 aromatic rings. The fraction of sp³-hybridized carbons (Fsp3) is 0.364. The van der Waals surface area contributed by atoms with Gasteiger partial charge in [0.25, 0.3) is 0 Å². The van der Waals surface area contributed by atoms with Gasteiger partial charge < -0.3 is 15.9 Å². The molecule has 0 radical (unpaired) electrons. The van der Waals surface area contributed by atoms with Gasteiger partial charge in [-0.25, -0.2) is 0 Å². The van der Waals surface area contributed by atoms with Crippen LogP contribution in [-0.4, -0.2) is 22.2 Å². The lowest BCUT2D eigenvalue weighted by Crippen LogP contribution is -2.32. The van der Waals surface area contributed by atoms with E-state index in [-0.39, 0.29) is 12.2 Å². The smallest absolute Gasteiger partial charge is 0.320 e. The number of carbonyl (C=O) groups is 1. The predicted molar refractivity (Wildman–Crippen MR) is 61.9 cm³/mol. The molecule has 0 aromatic heterocycles. The highest BCUT2D eigenvalue weighted by molar-refractivity contribution is 6.31. The van der Waals surface area contributed by atoms with Crippen LogP contribution < -0.4 is 5.73 Å². The topological polar surface area (TPSA) is 83.6 Å². The lowest BCUT2D eigenvalue weighted by atomic mass is 9.98. The number of carboxylic acids is 1. The zero-order valence-electron chi connectivity index (χ0n) is 9.12. The first-order chi connectivity index (χ1) is 7.34. The maximum absolute atomic E-state index is 10.6. The second-order valence-corrected chi connectivity index (χ2v) is 4.18. The monoisotopic (exact) mass is 243 g/mol. The second kappa shape index (κ2) is 4.72. The molecule has 1 atom stereocenters. The van der Waals surface area contributed by atoms with Gasteiger partial charge in [0.1, 0.15) is 11.8 Å². The molecule has 0 saturated heterocycles. The Hall–Kier alpha value is -1.26. The molecule has 0 fully saturated rings. The first-order valence-corrected chi connectivity index (χ1v) is 5.18. The Balaban J connectivity index is 3.14. The minimum Gasteiger partial charge on any atom is -0.507 e. The third-order valence-electron chi connectivity index (χ3n) is 2.55. The number of aryl methyl sites for hydroxylation is 1. The summed E-state index contributed by atoms with van der Waals surface area (Å²) in [4.78, 5) is 10.6. The summed E-state index contributed by atoms with van der Waals surface area (Å²) >= 11 is 6.00. The summed E-state index contributed by atoms with van der Waals surface area (Å²) in [5.41, 5.74) is 7.26. The van der Waals surface area contributed by atoms with Crippen molar-refractivity contribution in [2.75, 3.05) is 0 Å². The van der Waals surface area contributed by atoms with Crippen molar-refractivity contribution in [3.8, 4) is 5.75 Å². The predicted octanol–water partition coefficient (Wildman–Crippen LogP) is 1.62. The van der Waals surface area contributed by atoms with Crippen molar-refractivity contribution in [1.82, 2.24) is 0 Å². The van der Waals surface area contributed by atoms with E-state index in [1.165, 1.54) is 0 Å². The number of aliphatic carboxylic acids is 1. The molecule has 0 aliphatic rings. The van der Waals surface area contributed by atoms with Crippen molar-refractivity contribution in [2.24, 2.45) is 5.73 Å². The van der Waals surface area contributed by atoms with E-state index < -0.39 is 12.0 Å². The largest absolute Gasteiger partial charge is 0.507 e. The summed E-state index contributed by atoms with van der Waals surface area (Å²) in [5.74, 6) is -0.951. The zero-order chi connectivity index (χ0) is 12.5. The Morgan fingerprint density at radius 1 is 1.56 bits per heavy atom. The van der Waals surface area contributed by atoms with Gasteiger partial charge in [-0.2, -0.15) is 0 Å². The molecular weight excluding hydrogens is 230 g/mol. The fourth-order valence-corrected chi connectivity index (χ4v) is 1.90. The van der Waals surface area contributed by atoms with Gasteiger partial charge in [0, 0.05) is 11.4 Å². The maximum atomic E-state index is 10.6. The first kappa shape index (κ1) is 12.8. The van der Waals surface area contributed by atoms with Gasteiger partial charge in [-0.05, 0) is 36.6 Å². The normalized spacial score (nSPS) is 12.5. The molecule has 4 N–H and O–H groups in total. The SMILES string of the molecule is Cc1cc(Cl)c(CC(N)C(=O)O)c(C)c1O. The van der Waals surface area contributed by atoms with Crippen LogP contribution in [0.5, 0.6) is 5.75 Å². The van der Waals surface area contributed by atoms with E-state index in [4.69, 9.17) is 22.4 Å².